The summed E-state index contributed by atoms with van der Waals surface area (Å²) in [5.41, 5.74) is 1.49. The van der Waals surface area contributed by atoms with Gasteiger partial charge in [0.25, 0.3) is 5.56 Å². The molecule has 9 heteroatoms. The van der Waals surface area contributed by atoms with Crippen LogP contribution in [0.4, 0.5) is 0 Å². The fourth-order valence-corrected chi connectivity index (χ4v) is 4.31. The first-order chi connectivity index (χ1) is 17.5. The molecule has 5 aromatic rings. The number of hydrogen-bond acceptors (Lipinski definition) is 6. The molecule has 180 valence electrons. The summed E-state index contributed by atoms with van der Waals surface area (Å²) in [6, 6.07) is 17.7. The van der Waals surface area contributed by atoms with Gasteiger partial charge in [-0.1, -0.05) is 36.4 Å². The average molecular weight is 565 g/mol. The molecule has 0 aliphatic carbocycles. The van der Waals surface area contributed by atoms with Crippen molar-refractivity contribution in [3.8, 4) is 23.1 Å². The highest BCUT2D eigenvalue weighted by molar-refractivity contribution is 9.10. The molecule has 36 heavy (non-hydrogen) atoms. The summed E-state index contributed by atoms with van der Waals surface area (Å²) in [6.07, 6.45) is 3.19. The Morgan fingerprint density at radius 3 is 2.81 bits per heavy atom. The number of para-hydroxylation sites is 1. The Balaban J connectivity index is 1.66. The molecule has 2 heterocycles. The van der Waals surface area contributed by atoms with E-state index in [0.29, 0.717) is 55.4 Å². The van der Waals surface area contributed by atoms with Crippen molar-refractivity contribution in [2.24, 2.45) is 5.10 Å². The van der Waals surface area contributed by atoms with Crippen LogP contribution in [0.25, 0.3) is 33.5 Å². The Morgan fingerprint density at radius 1 is 1.17 bits per heavy atom. The molecule has 5 rings (SSSR count). The Kier molecular flexibility index (Phi) is 6.63. The Labute approximate surface area is 219 Å². The van der Waals surface area contributed by atoms with Crippen LogP contribution in [0.3, 0.4) is 0 Å². The van der Waals surface area contributed by atoms with Gasteiger partial charge in [0.2, 0.25) is 5.82 Å². The third-order valence-corrected chi connectivity index (χ3v) is 6.33. The number of nitrogens with zero attached hydrogens (tertiary/aromatic N) is 3. The monoisotopic (exact) mass is 563 g/mol. The molecule has 3 aromatic carbocycles. The molecule has 7 nitrogen and oxygen atoms in total. The predicted molar refractivity (Wildman–Crippen MR) is 146 cm³/mol. The van der Waals surface area contributed by atoms with Crippen molar-refractivity contribution in [3.05, 3.63) is 98.7 Å². The van der Waals surface area contributed by atoms with E-state index in [1.165, 1.54) is 4.68 Å². The van der Waals surface area contributed by atoms with Crippen molar-refractivity contribution in [2.75, 3.05) is 13.7 Å². The third-order valence-electron chi connectivity index (χ3n) is 5.40. The molecule has 0 fully saturated rings. The zero-order valence-electron chi connectivity index (χ0n) is 19.1. The summed E-state index contributed by atoms with van der Waals surface area (Å²) >= 11 is 9.68. The number of benzene rings is 3. The first-order valence-electron chi connectivity index (χ1n) is 10.9. The van der Waals surface area contributed by atoms with Gasteiger partial charge in [0.1, 0.15) is 12.2 Å². The van der Waals surface area contributed by atoms with Crippen LogP contribution in [0.2, 0.25) is 5.02 Å². The van der Waals surface area contributed by atoms with Crippen LogP contribution in [0.15, 0.2) is 92.1 Å². The molecule has 0 unspecified atom stereocenters. The SMILES string of the molecule is C=CCOc1cc(Br)c(C=Nn2c(-c3cc4cc(Cl)ccc4o3)nc3ccccc3c2=O)cc1OC. The van der Waals surface area contributed by atoms with Crippen molar-refractivity contribution in [3.63, 3.8) is 0 Å². The van der Waals surface area contributed by atoms with Gasteiger partial charge in [-0.15, -0.1) is 0 Å². The highest BCUT2D eigenvalue weighted by Gasteiger charge is 2.17. The maximum Gasteiger partial charge on any atom is 0.282 e. The zero-order valence-corrected chi connectivity index (χ0v) is 21.4. The normalized spacial score (nSPS) is 11.4. The second kappa shape index (κ2) is 10.0. The maximum atomic E-state index is 13.5. The van der Waals surface area contributed by atoms with Crippen molar-refractivity contribution in [1.29, 1.82) is 0 Å². The molecule has 0 radical (unpaired) electrons. The van der Waals surface area contributed by atoms with Crippen LogP contribution in [0.5, 0.6) is 11.5 Å². The number of rotatable bonds is 7. The smallest absolute Gasteiger partial charge is 0.282 e. The van der Waals surface area contributed by atoms with Gasteiger partial charge in [-0.3, -0.25) is 4.79 Å². The molecule has 0 saturated carbocycles. The van der Waals surface area contributed by atoms with Crippen molar-refractivity contribution in [1.82, 2.24) is 9.66 Å². The number of hydrogen-bond donors (Lipinski definition) is 0. The lowest BCUT2D eigenvalue weighted by Crippen LogP contribution is -2.20. The van der Waals surface area contributed by atoms with E-state index in [1.807, 2.05) is 6.07 Å². The minimum Gasteiger partial charge on any atom is -0.493 e. The number of furan rings is 1. The second-order valence-corrected chi connectivity index (χ2v) is 9.02. The van der Waals surface area contributed by atoms with Gasteiger partial charge < -0.3 is 13.9 Å². The summed E-state index contributed by atoms with van der Waals surface area (Å²) in [7, 11) is 1.55. The van der Waals surface area contributed by atoms with E-state index in [1.54, 1.807) is 74.0 Å². The van der Waals surface area contributed by atoms with Gasteiger partial charge in [0.15, 0.2) is 17.3 Å². The largest absolute Gasteiger partial charge is 0.493 e. The predicted octanol–water partition coefficient (Wildman–Crippen LogP) is 6.68. The molecule has 0 N–H and O–H groups in total. The van der Waals surface area contributed by atoms with Gasteiger partial charge in [-0.05, 0) is 64.5 Å². The fourth-order valence-electron chi connectivity index (χ4n) is 3.71. The zero-order chi connectivity index (χ0) is 25.2. The van der Waals surface area contributed by atoms with Crippen LogP contribution in [-0.4, -0.2) is 29.6 Å². The second-order valence-electron chi connectivity index (χ2n) is 7.73. The van der Waals surface area contributed by atoms with Gasteiger partial charge >= 0.3 is 0 Å². The highest BCUT2D eigenvalue weighted by Crippen LogP contribution is 2.33. The molecular weight excluding hydrogens is 546 g/mol. The van der Waals surface area contributed by atoms with Gasteiger partial charge in [0.05, 0.1) is 24.2 Å². The standard InChI is InChI=1S/C27H19BrClN3O4/c1-3-10-35-24-14-20(28)17(13-23(24)34-2)15-30-32-26(31-21-7-5-4-6-19(21)27(32)33)25-12-16-11-18(29)8-9-22(16)36-25/h3-9,11-15H,1,10H2,2H3. The number of aromatic nitrogens is 2. The van der Waals surface area contributed by atoms with Crippen LogP contribution in [0, 0.1) is 0 Å². The summed E-state index contributed by atoms with van der Waals surface area (Å²) in [5.74, 6) is 1.71. The van der Waals surface area contributed by atoms with Gasteiger partial charge in [-0.25, -0.2) is 4.98 Å². The molecule has 0 atom stereocenters. The maximum absolute atomic E-state index is 13.5. The molecule has 0 saturated heterocycles. The molecule has 0 aliphatic rings. The Morgan fingerprint density at radius 2 is 2.00 bits per heavy atom. The quantitative estimate of drug-likeness (QED) is 0.163. The molecule has 0 amide bonds. The number of fused-ring (bicyclic) bond motifs is 2. The van der Waals surface area contributed by atoms with Gasteiger partial charge in [-0.2, -0.15) is 9.78 Å². The van der Waals surface area contributed by atoms with Crippen LogP contribution in [-0.2, 0) is 0 Å². The van der Waals surface area contributed by atoms with Crippen molar-refractivity contribution >= 4 is 55.6 Å². The van der Waals surface area contributed by atoms with E-state index in [-0.39, 0.29) is 11.4 Å². The van der Waals surface area contributed by atoms with E-state index in [4.69, 9.17) is 30.5 Å². The lowest BCUT2D eigenvalue weighted by atomic mass is 10.2. The molecule has 2 aromatic heterocycles. The summed E-state index contributed by atoms with van der Waals surface area (Å²) in [5, 5.41) is 6.31. The van der Waals surface area contributed by atoms with Crippen LogP contribution < -0.4 is 15.0 Å². The topological polar surface area (TPSA) is 78.9 Å². The summed E-state index contributed by atoms with van der Waals surface area (Å²) in [6.45, 7) is 4.00. The molecular formula is C27H19BrClN3O4. The Hall–Kier alpha value is -3.88. The number of ether oxygens (including phenoxy) is 2. The number of halogens is 2. The van der Waals surface area contributed by atoms with E-state index < -0.39 is 0 Å². The van der Waals surface area contributed by atoms with Crippen molar-refractivity contribution < 1.29 is 13.9 Å². The van der Waals surface area contributed by atoms with Gasteiger partial charge in [0, 0.05) is 20.4 Å². The number of methoxy groups -OCH3 is 1. The first kappa shape index (κ1) is 23.8. The molecule has 0 aliphatic heterocycles. The molecule has 0 bridgehead atoms. The van der Waals surface area contributed by atoms with E-state index in [2.05, 4.69) is 27.6 Å². The van der Waals surface area contributed by atoms with E-state index in [0.717, 1.165) is 5.39 Å². The van der Waals surface area contributed by atoms with E-state index in [9.17, 15) is 4.79 Å². The lowest BCUT2D eigenvalue weighted by Gasteiger charge is -2.11. The lowest BCUT2D eigenvalue weighted by molar-refractivity contribution is 0.326. The minimum atomic E-state index is -0.334. The minimum absolute atomic E-state index is 0.260. The fraction of sp³-hybridized carbons (Fsp3) is 0.0741. The first-order valence-corrected chi connectivity index (χ1v) is 12.0. The van der Waals surface area contributed by atoms with Crippen LogP contribution >= 0.6 is 27.5 Å². The highest BCUT2D eigenvalue weighted by atomic mass is 79.9. The third kappa shape index (κ3) is 4.53. The van der Waals surface area contributed by atoms with E-state index >= 15 is 0 Å². The van der Waals surface area contributed by atoms with Crippen molar-refractivity contribution in [2.45, 2.75) is 0 Å². The molecule has 0 spiro atoms. The Bertz CT molecular complexity index is 1710. The average Bonchev–Trinajstić information content (AvgIpc) is 3.30. The summed E-state index contributed by atoms with van der Waals surface area (Å²) < 4.78 is 19.0. The summed E-state index contributed by atoms with van der Waals surface area (Å²) in [4.78, 5) is 18.2. The van der Waals surface area contributed by atoms with Crippen LogP contribution in [0.1, 0.15) is 5.56 Å².